The van der Waals surface area contributed by atoms with Crippen LogP contribution in [0.1, 0.15) is 36.7 Å². The van der Waals surface area contributed by atoms with Gasteiger partial charge in [0.1, 0.15) is 0 Å². The van der Waals surface area contributed by atoms with Crippen molar-refractivity contribution in [3.05, 3.63) is 52.9 Å². The van der Waals surface area contributed by atoms with Gasteiger partial charge in [0.25, 0.3) is 0 Å². The standard InChI is InChI=1S/C21H21N5OS2/c1-13(18-7-4-10-28-18)23-19(27)12-29-21-25-24-20(26(21)14-8-9-14)16-11-22-17-6-3-2-5-15(16)17/h2-7,10-11,13-14,22H,8-9,12H2,1H3,(H,23,27)/t13-/m0/s1. The maximum atomic E-state index is 12.4. The highest BCUT2D eigenvalue weighted by Crippen LogP contribution is 2.42. The summed E-state index contributed by atoms with van der Waals surface area (Å²) in [5.41, 5.74) is 2.15. The Morgan fingerprint density at radius 2 is 2.17 bits per heavy atom. The van der Waals surface area contributed by atoms with Crippen molar-refractivity contribution in [3.8, 4) is 11.4 Å². The normalized spacial score (nSPS) is 14.9. The van der Waals surface area contributed by atoms with Gasteiger partial charge in [-0.1, -0.05) is 36.0 Å². The number of nitrogens with zero attached hydrogens (tertiary/aromatic N) is 3. The number of rotatable bonds is 7. The lowest BCUT2D eigenvalue weighted by molar-refractivity contribution is -0.119. The molecule has 0 radical (unpaired) electrons. The number of para-hydroxylation sites is 1. The minimum absolute atomic E-state index is 0.00916. The van der Waals surface area contributed by atoms with E-state index < -0.39 is 0 Å². The Balaban J connectivity index is 1.34. The molecule has 0 spiro atoms. The summed E-state index contributed by atoms with van der Waals surface area (Å²) >= 11 is 3.11. The highest BCUT2D eigenvalue weighted by molar-refractivity contribution is 7.99. The van der Waals surface area contributed by atoms with Gasteiger partial charge >= 0.3 is 0 Å². The fourth-order valence-electron chi connectivity index (χ4n) is 3.50. The maximum absolute atomic E-state index is 12.4. The Labute approximate surface area is 176 Å². The Bertz CT molecular complexity index is 1140. The second kappa shape index (κ2) is 7.68. The highest BCUT2D eigenvalue weighted by Gasteiger charge is 2.31. The Morgan fingerprint density at radius 3 is 2.97 bits per heavy atom. The molecule has 1 aromatic carbocycles. The number of carbonyl (C=O) groups excluding carboxylic acids is 1. The van der Waals surface area contributed by atoms with Crippen LogP contribution in [0.4, 0.5) is 0 Å². The number of fused-ring (bicyclic) bond motifs is 1. The molecule has 6 nitrogen and oxygen atoms in total. The summed E-state index contributed by atoms with van der Waals surface area (Å²) in [7, 11) is 0. The highest BCUT2D eigenvalue weighted by atomic mass is 32.2. The first kappa shape index (κ1) is 18.4. The number of hydrogen-bond acceptors (Lipinski definition) is 5. The lowest BCUT2D eigenvalue weighted by atomic mass is 10.1. The van der Waals surface area contributed by atoms with Gasteiger partial charge in [0.2, 0.25) is 5.91 Å². The van der Waals surface area contributed by atoms with Crippen LogP contribution in [0.3, 0.4) is 0 Å². The number of H-pyrrole nitrogens is 1. The molecular weight excluding hydrogens is 402 g/mol. The number of nitrogens with one attached hydrogen (secondary N) is 2. The van der Waals surface area contributed by atoms with Crippen LogP contribution in [-0.2, 0) is 4.79 Å². The van der Waals surface area contributed by atoms with E-state index in [1.165, 1.54) is 11.8 Å². The molecule has 1 fully saturated rings. The molecule has 3 aromatic heterocycles. The van der Waals surface area contributed by atoms with E-state index >= 15 is 0 Å². The van der Waals surface area contributed by atoms with E-state index in [1.54, 1.807) is 11.3 Å². The second-order valence-corrected chi connectivity index (χ2v) is 9.17. The average Bonchev–Trinajstić information content (AvgIpc) is 3.14. The molecule has 148 valence electrons. The van der Waals surface area contributed by atoms with Crippen molar-refractivity contribution < 1.29 is 4.79 Å². The lowest BCUT2D eigenvalue weighted by Crippen LogP contribution is -2.27. The SMILES string of the molecule is C[C@H](NC(=O)CSc1nnc(-c2c[nH]c3ccccc23)n1C1CC1)c1cccs1. The number of aromatic amines is 1. The fraction of sp³-hybridized carbons (Fsp3) is 0.286. The Kier molecular flexibility index (Phi) is 4.89. The number of carbonyl (C=O) groups is 1. The predicted octanol–water partition coefficient (Wildman–Crippen LogP) is 4.79. The first-order valence-electron chi connectivity index (χ1n) is 9.67. The van der Waals surface area contributed by atoms with E-state index in [0.29, 0.717) is 11.8 Å². The molecule has 4 aromatic rings. The smallest absolute Gasteiger partial charge is 0.230 e. The largest absolute Gasteiger partial charge is 0.360 e. The molecular formula is C21H21N5OS2. The van der Waals surface area contributed by atoms with Gasteiger partial charge in [-0.15, -0.1) is 21.5 Å². The Hall–Kier alpha value is -2.58. The van der Waals surface area contributed by atoms with Gasteiger partial charge in [-0.3, -0.25) is 9.36 Å². The van der Waals surface area contributed by atoms with Crippen LogP contribution in [0.25, 0.3) is 22.3 Å². The van der Waals surface area contributed by atoms with Gasteiger partial charge in [0.05, 0.1) is 11.8 Å². The van der Waals surface area contributed by atoms with Crippen molar-refractivity contribution in [2.75, 3.05) is 5.75 Å². The van der Waals surface area contributed by atoms with Crippen molar-refractivity contribution in [2.45, 2.75) is 37.0 Å². The van der Waals surface area contributed by atoms with Gasteiger partial charge in [-0.25, -0.2) is 0 Å². The zero-order chi connectivity index (χ0) is 19.8. The number of amides is 1. The average molecular weight is 424 g/mol. The molecule has 0 aliphatic heterocycles. The van der Waals surface area contributed by atoms with Gasteiger partial charge in [0, 0.05) is 33.6 Å². The topological polar surface area (TPSA) is 75.6 Å². The van der Waals surface area contributed by atoms with Crippen LogP contribution in [0.15, 0.2) is 53.1 Å². The van der Waals surface area contributed by atoms with E-state index in [1.807, 2.05) is 42.8 Å². The first-order valence-corrected chi connectivity index (χ1v) is 11.5. The van der Waals surface area contributed by atoms with Crippen LogP contribution in [-0.4, -0.2) is 31.4 Å². The van der Waals surface area contributed by atoms with Crippen LogP contribution >= 0.6 is 23.1 Å². The van der Waals surface area contributed by atoms with E-state index in [2.05, 4.69) is 37.2 Å². The molecule has 5 rings (SSSR count). The summed E-state index contributed by atoms with van der Waals surface area (Å²) in [6.07, 6.45) is 4.25. The number of thioether (sulfide) groups is 1. The second-order valence-electron chi connectivity index (χ2n) is 7.25. The van der Waals surface area contributed by atoms with Crippen LogP contribution in [0, 0.1) is 0 Å². The molecule has 1 amide bonds. The van der Waals surface area contributed by atoms with E-state index in [9.17, 15) is 4.79 Å². The zero-order valence-corrected chi connectivity index (χ0v) is 17.6. The number of thiophene rings is 1. The molecule has 0 unspecified atom stereocenters. The van der Waals surface area contributed by atoms with Gasteiger partial charge in [-0.05, 0) is 37.3 Å². The van der Waals surface area contributed by atoms with E-state index in [-0.39, 0.29) is 11.9 Å². The summed E-state index contributed by atoms with van der Waals surface area (Å²) < 4.78 is 2.20. The van der Waals surface area contributed by atoms with Crippen molar-refractivity contribution in [1.29, 1.82) is 0 Å². The zero-order valence-electron chi connectivity index (χ0n) is 16.0. The molecule has 29 heavy (non-hydrogen) atoms. The summed E-state index contributed by atoms with van der Waals surface area (Å²) in [6.45, 7) is 2.01. The van der Waals surface area contributed by atoms with Gasteiger partial charge in [0.15, 0.2) is 11.0 Å². The Morgan fingerprint density at radius 1 is 1.31 bits per heavy atom. The predicted molar refractivity (Wildman–Crippen MR) is 117 cm³/mol. The molecule has 2 N–H and O–H groups in total. The van der Waals surface area contributed by atoms with Crippen molar-refractivity contribution in [2.24, 2.45) is 0 Å². The van der Waals surface area contributed by atoms with Crippen LogP contribution in [0.2, 0.25) is 0 Å². The van der Waals surface area contributed by atoms with E-state index in [4.69, 9.17) is 0 Å². The van der Waals surface area contributed by atoms with Crippen molar-refractivity contribution in [3.63, 3.8) is 0 Å². The fourth-order valence-corrected chi connectivity index (χ4v) is 5.05. The third-order valence-electron chi connectivity index (χ3n) is 5.09. The molecule has 1 atom stereocenters. The minimum atomic E-state index is 0.00916. The molecule has 1 aliphatic carbocycles. The summed E-state index contributed by atoms with van der Waals surface area (Å²) in [4.78, 5) is 16.9. The summed E-state index contributed by atoms with van der Waals surface area (Å²) in [5.74, 6) is 1.21. The molecule has 1 saturated carbocycles. The van der Waals surface area contributed by atoms with Gasteiger partial charge < -0.3 is 10.3 Å². The third kappa shape index (κ3) is 3.70. The van der Waals surface area contributed by atoms with Crippen molar-refractivity contribution >= 4 is 39.9 Å². The molecule has 0 bridgehead atoms. The maximum Gasteiger partial charge on any atom is 0.230 e. The lowest BCUT2D eigenvalue weighted by Gasteiger charge is -2.12. The van der Waals surface area contributed by atoms with Gasteiger partial charge in [-0.2, -0.15) is 0 Å². The van der Waals surface area contributed by atoms with Crippen LogP contribution in [0.5, 0.6) is 0 Å². The third-order valence-corrected chi connectivity index (χ3v) is 7.08. The number of hydrogen-bond donors (Lipinski definition) is 2. The number of aromatic nitrogens is 4. The molecule has 0 saturated heterocycles. The molecule has 3 heterocycles. The van der Waals surface area contributed by atoms with E-state index in [0.717, 1.165) is 45.2 Å². The van der Waals surface area contributed by atoms with Crippen LogP contribution < -0.4 is 5.32 Å². The van der Waals surface area contributed by atoms with Crippen molar-refractivity contribution in [1.82, 2.24) is 25.1 Å². The first-order chi connectivity index (χ1) is 14.2. The molecule has 1 aliphatic rings. The number of benzene rings is 1. The molecule has 8 heteroatoms. The summed E-state index contributed by atoms with van der Waals surface area (Å²) in [5, 5.41) is 16.0. The monoisotopic (exact) mass is 423 g/mol. The minimum Gasteiger partial charge on any atom is -0.360 e. The summed E-state index contributed by atoms with van der Waals surface area (Å²) in [6, 6.07) is 12.7. The quantitative estimate of drug-likeness (QED) is 0.419.